The van der Waals surface area contributed by atoms with Crippen LogP contribution in [0.3, 0.4) is 0 Å². The van der Waals surface area contributed by atoms with E-state index in [1.807, 2.05) is 0 Å². The second kappa shape index (κ2) is 6.89. The maximum absolute atomic E-state index is 10.9. The smallest absolute Gasteiger partial charge is 0.334 e. The van der Waals surface area contributed by atoms with Crippen LogP contribution >= 0.6 is 0 Å². The maximum atomic E-state index is 10.9. The molecule has 0 spiro atoms. The number of methoxy groups -OCH3 is 1. The molecule has 0 aliphatic heterocycles. The fraction of sp³-hybridized carbons (Fsp3) is 0.900. The van der Waals surface area contributed by atoms with E-state index in [0.717, 1.165) is 12.8 Å². The largest absolute Gasteiger partial charge is 0.467 e. The van der Waals surface area contributed by atoms with Gasteiger partial charge in [0.05, 0.1) is 7.11 Å². The maximum Gasteiger partial charge on any atom is 0.334 e. The van der Waals surface area contributed by atoms with Crippen molar-refractivity contribution in [3.8, 4) is 0 Å². The van der Waals surface area contributed by atoms with E-state index in [9.17, 15) is 4.79 Å². The third-order valence-corrected chi connectivity index (χ3v) is 1.83. The number of hydrogen-bond acceptors (Lipinski definition) is 3. The zero-order chi connectivity index (χ0) is 10.3. The van der Waals surface area contributed by atoms with Crippen molar-refractivity contribution in [2.24, 2.45) is 5.92 Å². The van der Waals surface area contributed by atoms with Gasteiger partial charge < -0.3 is 9.47 Å². The van der Waals surface area contributed by atoms with Crippen molar-refractivity contribution < 1.29 is 14.3 Å². The number of esters is 1. The number of carbonyl (C=O) groups excluding carboxylic acids is 1. The summed E-state index contributed by atoms with van der Waals surface area (Å²) >= 11 is 0. The van der Waals surface area contributed by atoms with Crippen molar-refractivity contribution in [2.75, 3.05) is 13.7 Å². The quantitative estimate of drug-likeness (QED) is 0.472. The lowest BCUT2D eigenvalue weighted by Gasteiger charge is -2.10. The molecule has 3 nitrogen and oxygen atoms in total. The molecular weight excluding hydrogens is 168 g/mol. The average Bonchev–Trinajstić information content (AvgIpc) is 2.10. The molecule has 1 unspecified atom stereocenters. The highest BCUT2D eigenvalue weighted by Crippen LogP contribution is 2.04. The number of hydrogen-bond donors (Lipinski definition) is 0. The van der Waals surface area contributed by atoms with Crippen molar-refractivity contribution in [2.45, 2.75) is 39.7 Å². The molecule has 0 heterocycles. The molecule has 0 fully saturated rings. The zero-order valence-corrected chi connectivity index (χ0v) is 9.00. The summed E-state index contributed by atoms with van der Waals surface area (Å²) in [6.07, 6.45) is 1.70. The summed E-state index contributed by atoms with van der Waals surface area (Å²) in [7, 11) is 1.37. The van der Waals surface area contributed by atoms with Crippen LogP contribution in [0.15, 0.2) is 0 Å². The fourth-order valence-corrected chi connectivity index (χ4v) is 0.986. The Kier molecular flexibility index (Phi) is 6.59. The first-order valence-corrected chi connectivity index (χ1v) is 4.77. The second-order valence-electron chi connectivity index (χ2n) is 3.57. The van der Waals surface area contributed by atoms with Crippen molar-refractivity contribution in [1.82, 2.24) is 0 Å². The van der Waals surface area contributed by atoms with Crippen LogP contribution in [0.5, 0.6) is 0 Å². The summed E-state index contributed by atoms with van der Waals surface area (Å²) < 4.78 is 9.80. The lowest BCUT2D eigenvalue weighted by Crippen LogP contribution is -2.22. The summed E-state index contributed by atoms with van der Waals surface area (Å²) in [6, 6.07) is 0. The molecule has 0 rings (SSSR count). The third-order valence-electron chi connectivity index (χ3n) is 1.83. The molecule has 1 atom stereocenters. The van der Waals surface area contributed by atoms with Gasteiger partial charge in [0.25, 0.3) is 0 Å². The first-order chi connectivity index (χ1) is 6.07. The van der Waals surface area contributed by atoms with Crippen molar-refractivity contribution >= 4 is 5.97 Å². The molecule has 3 heteroatoms. The highest BCUT2D eigenvalue weighted by molar-refractivity contribution is 5.73. The molecule has 0 aromatic carbocycles. The lowest BCUT2D eigenvalue weighted by atomic mass is 10.1. The van der Waals surface area contributed by atoms with Crippen molar-refractivity contribution in [3.05, 3.63) is 0 Å². The normalized spacial score (nSPS) is 13.0. The Hall–Kier alpha value is -0.570. The number of rotatable bonds is 6. The number of ether oxygens (including phenoxy) is 2. The van der Waals surface area contributed by atoms with Crippen molar-refractivity contribution in [3.63, 3.8) is 0 Å². The molecule has 78 valence electrons. The van der Waals surface area contributed by atoms with Crippen LogP contribution in [0, 0.1) is 5.92 Å². The Morgan fingerprint density at radius 1 is 1.31 bits per heavy atom. The molecule has 0 aromatic rings. The monoisotopic (exact) mass is 188 g/mol. The van der Waals surface area contributed by atoms with Crippen LogP contribution in [-0.4, -0.2) is 25.8 Å². The standard InChI is InChI=1S/C10H20O3/c1-8(2)6-5-7-13-9(3)10(11)12-4/h8-9H,5-7H2,1-4H3. The minimum Gasteiger partial charge on any atom is -0.467 e. The fourth-order valence-electron chi connectivity index (χ4n) is 0.986. The topological polar surface area (TPSA) is 35.5 Å². The highest BCUT2D eigenvalue weighted by Gasteiger charge is 2.12. The van der Waals surface area contributed by atoms with Gasteiger partial charge in [0, 0.05) is 6.61 Å². The first-order valence-electron chi connectivity index (χ1n) is 4.77. The third kappa shape index (κ3) is 6.58. The van der Waals surface area contributed by atoms with E-state index >= 15 is 0 Å². The summed E-state index contributed by atoms with van der Waals surface area (Å²) in [5.74, 6) is 0.390. The SMILES string of the molecule is COC(=O)C(C)OCCCC(C)C. The second-order valence-corrected chi connectivity index (χ2v) is 3.57. The predicted molar refractivity (Wildman–Crippen MR) is 51.5 cm³/mol. The van der Waals surface area contributed by atoms with Gasteiger partial charge in [-0.2, -0.15) is 0 Å². The van der Waals surface area contributed by atoms with Gasteiger partial charge in [-0.05, 0) is 25.7 Å². The summed E-state index contributed by atoms with van der Waals surface area (Å²) in [4.78, 5) is 10.9. The van der Waals surface area contributed by atoms with E-state index in [1.54, 1.807) is 6.92 Å². The van der Waals surface area contributed by atoms with Gasteiger partial charge >= 0.3 is 5.97 Å². The summed E-state index contributed by atoms with van der Waals surface area (Å²) in [6.45, 7) is 6.68. The molecule has 13 heavy (non-hydrogen) atoms. The van der Waals surface area contributed by atoms with E-state index < -0.39 is 6.10 Å². The molecule has 0 amide bonds. The van der Waals surface area contributed by atoms with Crippen LogP contribution in [0.1, 0.15) is 33.6 Å². The van der Waals surface area contributed by atoms with E-state index in [1.165, 1.54) is 7.11 Å². The van der Waals surface area contributed by atoms with E-state index in [-0.39, 0.29) is 5.97 Å². The van der Waals surface area contributed by atoms with Gasteiger partial charge in [-0.15, -0.1) is 0 Å². The minimum atomic E-state index is -0.433. The molecular formula is C10H20O3. The molecule has 0 bridgehead atoms. The minimum absolute atomic E-state index is 0.301. The average molecular weight is 188 g/mol. The Bertz CT molecular complexity index is 143. The molecule has 0 radical (unpaired) electrons. The van der Waals surface area contributed by atoms with Gasteiger partial charge in [-0.3, -0.25) is 0 Å². The van der Waals surface area contributed by atoms with Gasteiger partial charge in [0.1, 0.15) is 0 Å². The van der Waals surface area contributed by atoms with Gasteiger partial charge in [-0.25, -0.2) is 4.79 Å². The van der Waals surface area contributed by atoms with E-state index in [2.05, 4.69) is 18.6 Å². The van der Waals surface area contributed by atoms with E-state index in [0.29, 0.717) is 12.5 Å². The van der Waals surface area contributed by atoms with Crippen LogP contribution in [0.25, 0.3) is 0 Å². The zero-order valence-electron chi connectivity index (χ0n) is 9.00. The molecule has 0 N–H and O–H groups in total. The van der Waals surface area contributed by atoms with E-state index in [4.69, 9.17) is 4.74 Å². The Labute approximate surface area is 80.4 Å². The van der Waals surface area contributed by atoms with Crippen LogP contribution < -0.4 is 0 Å². The predicted octanol–water partition coefficient (Wildman–Crippen LogP) is 2.00. The Balaban J connectivity index is 3.37. The summed E-state index contributed by atoms with van der Waals surface area (Å²) in [5, 5.41) is 0. The highest BCUT2D eigenvalue weighted by atomic mass is 16.6. The molecule has 0 saturated heterocycles. The van der Waals surface area contributed by atoms with Crippen LogP contribution in [0.2, 0.25) is 0 Å². The molecule has 0 aliphatic rings. The van der Waals surface area contributed by atoms with Crippen molar-refractivity contribution in [1.29, 1.82) is 0 Å². The van der Waals surface area contributed by atoms with Crippen LogP contribution in [-0.2, 0) is 14.3 Å². The van der Waals surface area contributed by atoms with Crippen LogP contribution in [0.4, 0.5) is 0 Å². The first kappa shape index (κ1) is 12.4. The summed E-state index contributed by atoms with van der Waals surface area (Å²) in [5.41, 5.74) is 0. The van der Waals surface area contributed by atoms with Gasteiger partial charge in [0.15, 0.2) is 6.10 Å². The Morgan fingerprint density at radius 3 is 2.38 bits per heavy atom. The lowest BCUT2D eigenvalue weighted by molar-refractivity contribution is -0.152. The molecule has 0 aromatic heterocycles. The van der Waals surface area contributed by atoms with Gasteiger partial charge in [0.2, 0.25) is 0 Å². The molecule has 0 aliphatic carbocycles. The number of carbonyl (C=O) groups is 1. The van der Waals surface area contributed by atoms with Gasteiger partial charge in [-0.1, -0.05) is 13.8 Å². The molecule has 0 saturated carbocycles. The Morgan fingerprint density at radius 2 is 1.92 bits per heavy atom.